The molecule has 0 N–H and O–H groups in total. The fraction of sp³-hybridized carbons (Fsp3) is 0.100. The van der Waals surface area contributed by atoms with Crippen molar-refractivity contribution in [3.05, 3.63) is 88.3 Å². The van der Waals surface area contributed by atoms with Crippen LogP contribution in [-0.4, -0.2) is 9.91 Å². The van der Waals surface area contributed by atoms with Crippen molar-refractivity contribution in [3.63, 3.8) is 0 Å². The van der Waals surface area contributed by atoms with Gasteiger partial charge in [-0.15, -0.1) is 0 Å². The van der Waals surface area contributed by atoms with Gasteiger partial charge in [-0.1, -0.05) is 0 Å². The third-order valence-electron chi connectivity index (χ3n) is 4.29. The number of nitrogens with zero attached hydrogens (tertiary/aromatic N) is 4. The van der Waals surface area contributed by atoms with Gasteiger partial charge in [0, 0.05) is 17.5 Å². The Morgan fingerprint density at radius 3 is 2.29 bits per heavy atom. The first kappa shape index (κ1) is 17.3. The van der Waals surface area contributed by atoms with Crippen molar-refractivity contribution < 1.29 is 13.8 Å². The van der Waals surface area contributed by atoms with Gasteiger partial charge in [0.25, 0.3) is 5.69 Å². The summed E-state index contributed by atoms with van der Waals surface area (Å²) in [4.78, 5) is 17.1. The van der Waals surface area contributed by atoms with Crippen molar-refractivity contribution in [2.45, 2.75) is 13.1 Å². The zero-order valence-electron chi connectivity index (χ0n) is 14.6. The fourth-order valence-corrected chi connectivity index (χ4v) is 2.97. The lowest BCUT2D eigenvalue weighted by molar-refractivity contribution is -0.384. The van der Waals surface area contributed by atoms with Crippen molar-refractivity contribution in [1.29, 1.82) is 5.26 Å². The zero-order chi connectivity index (χ0) is 19.5. The number of pyridine rings is 1. The maximum atomic E-state index is 11.0. The lowest BCUT2D eigenvalue weighted by Crippen LogP contribution is -2.23. The van der Waals surface area contributed by atoms with Crippen LogP contribution in [0.3, 0.4) is 0 Å². The van der Waals surface area contributed by atoms with E-state index in [1.54, 1.807) is 36.8 Å². The van der Waals surface area contributed by atoms with Crippen molar-refractivity contribution >= 4 is 22.4 Å². The molecular weight excluding hydrogens is 360 g/mol. The molecule has 0 atom stereocenters. The molecule has 0 aliphatic rings. The Labute approximate surface area is 159 Å². The second-order valence-corrected chi connectivity index (χ2v) is 6.11. The van der Waals surface area contributed by atoms with Gasteiger partial charge >= 0.3 is 0 Å². The highest BCUT2D eigenvalue weighted by atomic mass is 16.6. The summed E-state index contributed by atoms with van der Waals surface area (Å²) in [5, 5.41) is 21.1. The molecule has 28 heavy (non-hydrogen) atoms. The molecule has 3 aromatic heterocycles. The van der Waals surface area contributed by atoms with Crippen LogP contribution in [0.25, 0.3) is 10.9 Å². The molecule has 1 aromatic carbocycles. The summed E-state index contributed by atoms with van der Waals surface area (Å²) < 4.78 is 10.9. The van der Waals surface area contributed by atoms with Crippen molar-refractivity contribution in [2.75, 3.05) is 4.90 Å². The second kappa shape index (κ2) is 7.25. The highest BCUT2D eigenvalue weighted by molar-refractivity contribution is 5.88. The number of furan rings is 2. The molecule has 0 radical (unpaired) electrons. The Hall–Kier alpha value is -4.12. The molecule has 0 spiro atoms. The second-order valence-electron chi connectivity index (χ2n) is 6.11. The number of anilines is 1. The van der Waals surface area contributed by atoms with Gasteiger partial charge in [-0.3, -0.25) is 10.1 Å². The van der Waals surface area contributed by atoms with Crippen molar-refractivity contribution in [2.24, 2.45) is 0 Å². The average molecular weight is 374 g/mol. The van der Waals surface area contributed by atoms with E-state index in [9.17, 15) is 15.4 Å². The van der Waals surface area contributed by atoms with Gasteiger partial charge in [-0.05, 0) is 36.4 Å². The van der Waals surface area contributed by atoms with Gasteiger partial charge in [-0.25, -0.2) is 4.98 Å². The molecule has 0 bridgehead atoms. The maximum absolute atomic E-state index is 11.0. The van der Waals surface area contributed by atoms with Crippen LogP contribution in [0.2, 0.25) is 0 Å². The summed E-state index contributed by atoms with van der Waals surface area (Å²) in [5.41, 5.74) is 0.734. The highest BCUT2D eigenvalue weighted by Crippen LogP contribution is 2.28. The van der Waals surface area contributed by atoms with Gasteiger partial charge in [0.15, 0.2) is 0 Å². The van der Waals surface area contributed by atoms with Gasteiger partial charge in [0.1, 0.15) is 17.3 Å². The Kier molecular flexibility index (Phi) is 4.48. The van der Waals surface area contributed by atoms with E-state index < -0.39 is 4.92 Å². The third-order valence-corrected chi connectivity index (χ3v) is 4.29. The largest absolute Gasteiger partial charge is 0.467 e. The number of aromatic nitrogens is 1. The standard InChI is InChI=1S/C20H14N4O4/c21-11-14-9-20(22-19-6-5-15(24(25)26)10-18(14)19)23(12-16-3-1-7-27-16)13-17-4-2-8-28-17/h1-10H,12-13H2. The smallest absolute Gasteiger partial charge is 0.270 e. The number of nitriles is 1. The molecule has 0 aliphatic heterocycles. The first-order chi connectivity index (χ1) is 13.6. The summed E-state index contributed by atoms with van der Waals surface area (Å²) in [6, 6.07) is 15.3. The van der Waals surface area contributed by atoms with Crippen LogP contribution >= 0.6 is 0 Å². The lowest BCUT2D eigenvalue weighted by atomic mass is 10.1. The summed E-state index contributed by atoms with van der Waals surface area (Å²) in [6.45, 7) is 0.841. The van der Waals surface area contributed by atoms with Gasteiger partial charge in [0.05, 0.1) is 47.7 Å². The molecule has 0 saturated carbocycles. The first-order valence-corrected chi connectivity index (χ1v) is 8.43. The first-order valence-electron chi connectivity index (χ1n) is 8.43. The minimum absolute atomic E-state index is 0.0819. The normalized spacial score (nSPS) is 10.7. The summed E-state index contributed by atoms with van der Waals surface area (Å²) in [5.74, 6) is 2.01. The molecule has 4 aromatic rings. The minimum Gasteiger partial charge on any atom is -0.467 e. The molecule has 4 rings (SSSR count). The van der Waals surface area contributed by atoms with Crippen molar-refractivity contribution in [1.82, 2.24) is 4.98 Å². The van der Waals surface area contributed by atoms with E-state index in [4.69, 9.17) is 8.83 Å². The fourth-order valence-electron chi connectivity index (χ4n) is 2.97. The van der Waals surface area contributed by atoms with Gasteiger partial charge in [-0.2, -0.15) is 5.26 Å². The molecule has 138 valence electrons. The van der Waals surface area contributed by atoms with Crippen LogP contribution in [0.1, 0.15) is 17.1 Å². The Bertz CT molecular complexity index is 1120. The van der Waals surface area contributed by atoms with Crippen LogP contribution < -0.4 is 4.90 Å². The molecule has 0 saturated heterocycles. The number of rotatable bonds is 6. The van der Waals surface area contributed by atoms with Crippen LogP contribution in [0.15, 0.2) is 69.9 Å². The van der Waals surface area contributed by atoms with E-state index in [0.717, 1.165) is 11.5 Å². The van der Waals surface area contributed by atoms with Crippen LogP contribution in [0.5, 0.6) is 0 Å². The summed E-state index contributed by atoms with van der Waals surface area (Å²) in [6.07, 6.45) is 3.18. The van der Waals surface area contributed by atoms with Crippen LogP contribution in [0, 0.1) is 21.4 Å². The molecule has 0 aliphatic carbocycles. The number of nitro groups is 1. The summed E-state index contributed by atoms with van der Waals surface area (Å²) >= 11 is 0. The average Bonchev–Trinajstić information content (AvgIpc) is 3.40. The number of hydrogen-bond donors (Lipinski definition) is 0. The lowest BCUT2D eigenvalue weighted by Gasteiger charge is -2.22. The number of hydrogen-bond acceptors (Lipinski definition) is 7. The third kappa shape index (κ3) is 3.41. The number of nitro benzene ring substituents is 1. The van der Waals surface area contributed by atoms with Crippen LogP contribution in [0.4, 0.5) is 11.5 Å². The van der Waals surface area contributed by atoms with E-state index >= 15 is 0 Å². The monoisotopic (exact) mass is 374 g/mol. The highest BCUT2D eigenvalue weighted by Gasteiger charge is 2.17. The molecule has 8 nitrogen and oxygen atoms in total. The predicted molar refractivity (Wildman–Crippen MR) is 100 cm³/mol. The predicted octanol–water partition coefficient (Wildman–Crippen LogP) is 4.41. The maximum Gasteiger partial charge on any atom is 0.270 e. The molecule has 0 unspecified atom stereocenters. The number of fused-ring (bicyclic) bond motifs is 1. The van der Waals surface area contributed by atoms with E-state index in [1.165, 1.54) is 12.1 Å². The zero-order valence-corrected chi connectivity index (χ0v) is 14.6. The Morgan fingerprint density at radius 1 is 1.07 bits per heavy atom. The van der Waals surface area contributed by atoms with Gasteiger partial charge < -0.3 is 13.7 Å². The van der Waals surface area contributed by atoms with E-state index in [-0.39, 0.29) is 5.69 Å². The SMILES string of the molecule is N#Cc1cc(N(Cc2ccco2)Cc2ccco2)nc2ccc([N+](=O)[O-])cc12. The topological polar surface area (TPSA) is 109 Å². The van der Waals surface area contributed by atoms with Crippen LogP contribution in [-0.2, 0) is 13.1 Å². The number of benzene rings is 1. The molecule has 8 heteroatoms. The van der Waals surface area contributed by atoms with E-state index in [2.05, 4.69) is 11.1 Å². The molecular formula is C20H14N4O4. The quantitative estimate of drug-likeness (QED) is 0.363. The Balaban J connectivity index is 1.79. The summed E-state index contributed by atoms with van der Waals surface area (Å²) in [7, 11) is 0. The van der Waals surface area contributed by atoms with E-state index in [0.29, 0.717) is 35.4 Å². The molecule has 0 fully saturated rings. The van der Waals surface area contributed by atoms with E-state index in [1.807, 2.05) is 17.0 Å². The minimum atomic E-state index is -0.491. The molecule has 3 heterocycles. The van der Waals surface area contributed by atoms with Crippen molar-refractivity contribution in [3.8, 4) is 6.07 Å². The Morgan fingerprint density at radius 2 is 1.75 bits per heavy atom. The molecule has 0 amide bonds. The van der Waals surface area contributed by atoms with Gasteiger partial charge in [0.2, 0.25) is 0 Å². The number of non-ortho nitro benzene ring substituents is 1.